The number of aromatic nitrogens is 2. The van der Waals surface area contributed by atoms with Crippen LogP contribution in [0.5, 0.6) is 0 Å². The van der Waals surface area contributed by atoms with Gasteiger partial charge in [-0.05, 0) is 18.2 Å². The predicted octanol–water partition coefficient (Wildman–Crippen LogP) is 2.34. The van der Waals surface area contributed by atoms with E-state index in [0.717, 1.165) is 0 Å². The fraction of sp³-hybridized carbons (Fsp3) is 0.333. The normalized spacial score (nSPS) is 10.8. The maximum absolute atomic E-state index is 13.3. The molecular weight excluding hydrogens is 287 g/mol. The van der Waals surface area contributed by atoms with E-state index in [9.17, 15) is 4.39 Å². The van der Waals surface area contributed by atoms with Gasteiger partial charge in [0.1, 0.15) is 5.82 Å². The number of halogens is 2. The van der Waals surface area contributed by atoms with Crippen molar-refractivity contribution >= 4 is 23.3 Å². The van der Waals surface area contributed by atoms with Gasteiger partial charge in [-0.15, -0.1) is 5.10 Å². The fourth-order valence-electron chi connectivity index (χ4n) is 1.44. The molecule has 0 atom stereocenters. The Labute approximate surface area is 120 Å². The van der Waals surface area contributed by atoms with Gasteiger partial charge in [0.05, 0.1) is 18.2 Å². The Hall–Kier alpha value is -1.70. The number of nitrogens with zero attached hydrogens (tertiary/aromatic N) is 2. The molecule has 0 bridgehead atoms. The lowest BCUT2D eigenvalue weighted by atomic mass is 10.3. The average molecular weight is 301 g/mol. The minimum absolute atomic E-state index is 0.0594. The lowest BCUT2D eigenvalue weighted by Crippen LogP contribution is -2.18. The molecule has 2 aromatic rings. The number of hydrogen-bond acceptors (Lipinski definition) is 6. The van der Waals surface area contributed by atoms with Gasteiger partial charge in [-0.1, -0.05) is 16.7 Å². The van der Waals surface area contributed by atoms with E-state index in [4.69, 9.17) is 20.8 Å². The molecule has 0 aliphatic heterocycles. The molecule has 0 radical (unpaired) electrons. The Morgan fingerprint density at radius 1 is 1.40 bits per heavy atom. The first-order valence-electron chi connectivity index (χ1n) is 5.93. The third-order valence-corrected chi connectivity index (χ3v) is 2.70. The van der Waals surface area contributed by atoms with Crippen LogP contribution in [0.1, 0.15) is 5.89 Å². The summed E-state index contributed by atoms with van der Waals surface area (Å²) >= 11 is 5.60. The second kappa shape index (κ2) is 7.18. The first kappa shape index (κ1) is 14.7. The smallest absolute Gasteiger partial charge is 0.320 e. The van der Waals surface area contributed by atoms with Crippen LogP contribution in [-0.2, 0) is 11.3 Å². The molecule has 0 spiro atoms. The molecule has 2 rings (SSSR count). The van der Waals surface area contributed by atoms with Crippen LogP contribution >= 0.6 is 11.6 Å². The summed E-state index contributed by atoms with van der Waals surface area (Å²) < 4.78 is 23.5. The number of anilines is 2. The van der Waals surface area contributed by atoms with Gasteiger partial charge in [0.15, 0.2) is 0 Å². The van der Waals surface area contributed by atoms with Crippen LogP contribution < -0.4 is 10.6 Å². The molecule has 108 valence electrons. The van der Waals surface area contributed by atoms with Crippen molar-refractivity contribution in [1.29, 1.82) is 0 Å². The minimum Gasteiger partial charge on any atom is -0.406 e. The summed E-state index contributed by atoms with van der Waals surface area (Å²) in [4.78, 5) is 0. The lowest BCUT2D eigenvalue weighted by molar-refractivity contribution is 0.198. The molecule has 20 heavy (non-hydrogen) atoms. The number of hydrogen-bond donors (Lipinski definition) is 2. The molecule has 0 aliphatic rings. The molecule has 0 fully saturated rings. The Kier molecular flexibility index (Phi) is 5.28. The van der Waals surface area contributed by atoms with E-state index in [1.54, 1.807) is 13.2 Å². The zero-order valence-corrected chi connectivity index (χ0v) is 11.6. The molecule has 2 N–H and O–H groups in total. The molecule has 8 heteroatoms. The second-order valence-corrected chi connectivity index (χ2v) is 4.33. The summed E-state index contributed by atoms with van der Waals surface area (Å²) in [5, 5.41) is 13.6. The third kappa shape index (κ3) is 4.16. The van der Waals surface area contributed by atoms with Crippen LogP contribution in [0.4, 0.5) is 16.1 Å². The molecule has 6 nitrogen and oxygen atoms in total. The molecule has 0 saturated heterocycles. The Morgan fingerprint density at radius 3 is 3.00 bits per heavy atom. The topological polar surface area (TPSA) is 72.2 Å². The highest BCUT2D eigenvalue weighted by Crippen LogP contribution is 2.21. The second-order valence-electron chi connectivity index (χ2n) is 3.92. The van der Waals surface area contributed by atoms with E-state index >= 15 is 0 Å². The number of nitrogens with one attached hydrogen (secondary N) is 2. The van der Waals surface area contributed by atoms with Crippen molar-refractivity contribution in [2.75, 3.05) is 25.6 Å². The number of benzene rings is 1. The zero-order chi connectivity index (χ0) is 14.4. The highest BCUT2D eigenvalue weighted by Gasteiger charge is 2.07. The molecule has 0 unspecified atom stereocenters. The first-order chi connectivity index (χ1) is 9.69. The van der Waals surface area contributed by atoms with Crippen LogP contribution in [-0.4, -0.2) is 30.5 Å². The molecule has 0 amide bonds. The molecule has 0 aliphatic carbocycles. The highest BCUT2D eigenvalue weighted by molar-refractivity contribution is 6.30. The van der Waals surface area contributed by atoms with Crippen molar-refractivity contribution in [3.63, 3.8) is 0 Å². The summed E-state index contributed by atoms with van der Waals surface area (Å²) in [5.41, 5.74) is 0.481. The maximum Gasteiger partial charge on any atom is 0.320 e. The van der Waals surface area contributed by atoms with E-state index < -0.39 is 5.82 Å². The Balaban J connectivity index is 1.90. The number of methoxy groups -OCH3 is 1. The minimum atomic E-state index is -0.516. The van der Waals surface area contributed by atoms with E-state index in [0.29, 0.717) is 31.3 Å². The third-order valence-electron chi connectivity index (χ3n) is 2.40. The quantitative estimate of drug-likeness (QED) is 0.765. The summed E-state index contributed by atoms with van der Waals surface area (Å²) in [6, 6.07) is 4.51. The van der Waals surface area contributed by atoms with E-state index in [1.165, 1.54) is 12.1 Å². The molecule has 1 aromatic carbocycles. The van der Waals surface area contributed by atoms with Gasteiger partial charge in [-0.25, -0.2) is 4.39 Å². The number of rotatable bonds is 7. The number of ether oxygens (including phenoxy) is 1. The van der Waals surface area contributed by atoms with Crippen molar-refractivity contribution in [2.24, 2.45) is 0 Å². The van der Waals surface area contributed by atoms with Gasteiger partial charge in [0.2, 0.25) is 5.89 Å². The van der Waals surface area contributed by atoms with Gasteiger partial charge in [-0.3, -0.25) is 0 Å². The first-order valence-corrected chi connectivity index (χ1v) is 6.31. The van der Waals surface area contributed by atoms with Gasteiger partial charge in [-0.2, -0.15) is 0 Å². The van der Waals surface area contributed by atoms with Crippen LogP contribution in [0.2, 0.25) is 5.02 Å². The standard InChI is InChI=1S/C12H14ClFN4O2/c1-19-5-4-15-7-11-17-18-12(20-11)16-8-2-3-9(13)10(14)6-8/h2-3,6,15H,4-5,7H2,1H3,(H,16,18). The monoisotopic (exact) mass is 300 g/mol. The van der Waals surface area contributed by atoms with Gasteiger partial charge < -0.3 is 19.8 Å². The summed E-state index contributed by atoms with van der Waals surface area (Å²) in [6.07, 6.45) is 0. The van der Waals surface area contributed by atoms with E-state index in [2.05, 4.69) is 20.8 Å². The highest BCUT2D eigenvalue weighted by atomic mass is 35.5. The van der Waals surface area contributed by atoms with Crippen LogP contribution in [0.3, 0.4) is 0 Å². The largest absolute Gasteiger partial charge is 0.406 e. The summed E-state index contributed by atoms with van der Waals surface area (Å²) in [7, 11) is 1.63. The van der Waals surface area contributed by atoms with Gasteiger partial charge in [0.25, 0.3) is 0 Å². The molecular formula is C12H14ClFN4O2. The average Bonchev–Trinajstić information content (AvgIpc) is 2.87. The maximum atomic E-state index is 13.3. The van der Waals surface area contributed by atoms with E-state index in [1.807, 2.05) is 0 Å². The van der Waals surface area contributed by atoms with Crippen molar-refractivity contribution < 1.29 is 13.5 Å². The summed E-state index contributed by atoms with van der Waals surface area (Å²) in [6.45, 7) is 1.72. The molecule has 1 heterocycles. The van der Waals surface area contributed by atoms with Crippen LogP contribution in [0, 0.1) is 5.82 Å². The molecule has 0 saturated carbocycles. The van der Waals surface area contributed by atoms with Gasteiger partial charge in [0, 0.05) is 19.3 Å². The summed E-state index contributed by atoms with van der Waals surface area (Å²) in [5.74, 6) is -0.0873. The predicted molar refractivity (Wildman–Crippen MR) is 72.6 cm³/mol. The zero-order valence-electron chi connectivity index (χ0n) is 10.8. The molecule has 1 aromatic heterocycles. The van der Waals surface area contributed by atoms with E-state index in [-0.39, 0.29) is 11.0 Å². The Morgan fingerprint density at radius 2 is 2.25 bits per heavy atom. The Bertz CT molecular complexity index is 564. The van der Waals surface area contributed by atoms with Crippen molar-refractivity contribution in [3.05, 3.63) is 34.9 Å². The van der Waals surface area contributed by atoms with Crippen molar-refractivity contribution in [2.45, 2.75) is 6.54 Å². The van der Waals surface area contributed by atoms with Crippen molar-refractivity contribution in [1.82, 2.24) is 15.5 Å². The SMILES string of the molecule is COCCNCc1nnc(Nc2ccc(Cl)c(F)c2)o1. The van der Waals surface area contributed by atoms with Crippen molar-refractivity contribution in [3.8, 4) is 0 Å². The fourth-order valence-corrected chi connectivity index (χ4v) is 1.56. The lowest BCUT2D eigenvalue weighted by Gasteiger charge is -2.02. The van der Waals surface area contributed by atoms with Crippen LogP contribution in [0.25, 0.3) is 0 Å². The van der Waals surface area contributed by atoms with Crippen LogP contribution in [0.15, 0.2) is 22.6 Å². The van der Waals surface area contributed by atoms with Gasteiger partial charge >= 0.3 is 6.01 Å².